The van der Waals surface area contributed by atoms with E-state index in [1.54, 1.807) is 14.2 Å². The molecule has 2 N–H and O–H groups in total. The van der Waals surface area contributed by atoms with Crippen LogP contribution in [0.15, 0.2) is 18.2 Å². The lowest BCUT2D eigenvalue weighted by molar-refractivity contribution is 0.0285. The highest BCUT2D eigenvalue weighted by Gasteiger charge is 2.14. The molecular weight excluding hydrogens is 244 g/mol. The first-order valence-electron chi connectivity index (χ1n) is 6.41. The Kier molecular flexibility index (Phi) is 4.76. The van der Waals surface area contributed by atoms with Crippen LogP contribution in [-0.4, -0.2) is 45.9 Å². The summed E-state index contributed by atoms with van der Waals surface area (Å²) in [6.07, 6.45) is 0.901. The molecule has 0 spiro atoms. The quantitative estimate of drug-likeness (QED) is 0.806. The van der Waals surface area contributed by atoms with Crippen molar-refractivity contribution < 1.29 is 14.3 Å². The number of amides is 1. The summed E-state index contributed by atoms with van der Waals surface area (Å²) in [7, 11) is 3.22. The molecule has 1 aliphatic heterocycles. The minimum absolute atomic E-state index is 0.0883. The molecular formula is C14H20N2O3. The van der Waals surface area contributed by atoms with Crippen LogP contribution in [0.1, 0.15) is 15.9 Å². The van der Waals surface area contributed by atoms with Gasteiger partial charge >= 0.3 is 0 Å². The van der Waals surface area contributed by atoms with Crippen molar-refractivity contribution in [2.45, 2.75) is 12.5 Å². The molecule has 1 aliphatic rings. The Morgan fingerprint density at radius 1 is 1.47 bits per heavy atom. The Bertz CT molecular complexity index is 448. The number of methoxy groups -OCH3 is 2. The molecule has 0 saturated heterocycles. The fourth-order valence-electron chi connectivity index (χ4n) is 2.14. The number of carbonyl (C=O) groups is 1. The van der Waals surface area contributed by atoms with E-state index in [4.69, 9.17) is 9.47 Å². The van der Waals surface area contributed by atoms with E-state index in [2.05, 4.69) is 10.6 Å². The highest BCUT2D eigenvalue weighted by atomic mass is 16.5. The van der Waals surface area contributed by atoms with Crippen LogP contribution < -0.4 is 10.6 Å². The predicted molar refractivity (Wildman–Crippen MR) is 73.6 cm³/mol. The van der Waals surface area contributed by atoms with E-state index in [1.807, 2.05) is 18.2 Å². The molecule has 1 aromatic rings. The third-order valence-corrected chi connectivity index (χ3v) is 3.26. The predicted octanol–water partition coefficient (Wildman–Crippen LogP) is 1.05. The highest BCUT2D eigenvalue weighted by molar-refractivity contribution is 5.95. The van der Waals surface area contributed by atoms with E-state index in [-0.39, 0.29) is 12.0 Å². The minimum atomic E-state index is -0.124. The van der Waals surface area contributed by atoms with Crippen molar-refractivity contribution in [2.24, 2.45) is 0 Å². The molecule has 1 heterocycles. The Morgan fingerprint density at radius 3 is 3.05 bits per heavy atom. The number of nitrogens with one attached hydrogen (secondary N) is 2. The van der Waals surface area contributed by atoms with Gasteiger partial charge in [0.2, 0.25) is 0 Å². The Hall–Kier alpha value is -1.59. The van der Waals surface area contributed by atoms with Crippen molar-refractivity contribution in [1.82, 2.24) is 5.32 Å². The lowest BCUT2D eigenvalue weighted by Crippen LogP contribution is -2.35. The molecule has 0 bridgehead atoms. The number of fused-ring (bicyclic) bond motifs is 1. The lowest BCUT2D eigenvalue weighted by atomic mass is 10.1. The van der Waals surface area contributed by atoms with Crippen molar-refractivity contribution in [2.75, 3.05) is 39.2 Å². The minimum Gasteiger partial charge on any atom is -0.384 e. The van der Waals surface area contributed by atoms with E-state index in [0.717, 1.165) is 18.7 Å². The average Bonchev–Trinajstić information content (AvgIpc) is 2.90. The van der Waals surface area contributed by atoms with Crippen LogP contribution in [0.4, 0.5) is 5.69 Å². The van der Waals surface area contributed by atoms with Gasteiger partial charge in [-0.3, -0.25) is 4.79 Å². The van der Waals surface area contributed by atoms with Crippen LogP contribution in [0.3, 0.4) is 0 Å². The molecule has 5 nitrogen and oxygen atoms in total. The third-order valence-electron chi connectivity index (χ3n) is 3.26. The van der Waals surface area contributed by atoms with Gasteiger partial charge in [0.1, 0.15) is 0 Å². The monoisotopic (exact) mass is 264 g/mol. The molecule has 1 amide bonds. The van der Waals surface area contributed by atoms with Crippen molar-refractivity contribution in [3.63, 3.8) is 0 Å². The van der Waals surface area contributed by atoms with Gasteiger partial charge in [0.05, 0.1) is 12.7 Å². The number of benzene rings is 1. The molecule has 0 radical (unpaired) electrons. The first kappa shape index (κ1) is 13.8. The first-order valence-corrected chi connectivity index (χ1v) is 6.41. The average molecular weight is 264 g/mol. The second-order valence-electron chi connectivity index (χ2n) is 4.57. The maximum atomic E-state index is 12.0. The van der Waals surface area contributed by atoms with Crippen LogP contribution in [0.2, 0.25) is 0 Å². The molecule has 0 fully saturated rings. The van der Waals surface area contributed by atoms with Gasteiger partial charge in [-0.05, 0) is 24.1 Å². The number of anilines is 1. The van der Waals surface area contributed by atoms with Crippen LogP contribution in [0.25, 0.3) is 0 Å². The Morgan fingerprint density at radius 2 is 2.32 bits per heavy atom. The van der Waals surface area contributed by atoms with Crippen molar-refractivity contribution >= 4 is 11.6 Å². The van der Waals surface area contributed by atoms with Crippen LogP contribution >= 0.6 is 0 Å². The maximum Gasteiger partial charge on any atom is 0.251 e. The zero-order chi connectivity index (χ0) is 13.7. The van der Waals surface area contributed by atoms with Gasteiger partial charge in [-0.15, -0.1) is 0 Å². The van der Waals surface area contributed by atoms with Gasteiger partial charge in [0, 0.05) is 38.6 Å². The second-order valence-corrected chi connectivity index (χ2v) is 4.57. The number of hydrogen-bond acceptors (Lipinski definition) is 4. The molecule has 1 aromatic carbocycles. The maximum absolute atomic E-state index is 12.0. The fourth-order valence-corrected chi connectivity index (χ4v) is 2.14. The second kappa shape index (κ2) is 6.54. The lowest BCUT2D eigenvalue weighted by Gasteiger charge is -2.15. The summed E-state index contributed by atoms with van der Waals surface area (Å²) in [5.74, 6) is -0.0883. The summed E-state index contributed by atoms with van der Waals surface area (Å²) in [5, 5.41) is 6.12. The fraction of sp³-hybridized carbons (Fsp3) is 0.500. The van der Waals surface area contributed by atoms with Gasteiger partial charge in [0.15, 0.2) is 0 Å². The summed E-state index contributed by atoms with van der Waals surface area (Å²) < 4.78 is 10.2. The third kappa shape index (κ3) is 3.45. The van der Waals surface area contributed by atoms with E-state index >= 15 is 0 Å². The summed E-state index contributed by atoms with van der Waals surface area (Å²) in [4.78, 5) is 12.0. The summed E-state index contributed by atoms with van der Waals surface area (Å²) in [5.41, 5.74) is 3.00. The smallest absolute Gasteiger partial charge is 0.251 e. The molecule has 104 valence electrons. The van der Waals surface area contributed by atoms with Gasteiger partial charge in [-0.2, -0.15) is 0 Å². The SMILES string of the molecule is COCC(CNC(=O)c1ccc2c(c1)NCC2)OC. The van der Waals surface area contributed by atoms with Crippen molar-refractivity contribution in [3.05, 3.63) is 29.3 Å². The molecule has 1 atom stereocenters. The Balaban J connectivity index is 1.92. The number of carbonyl (C=O) groups excluding carboxylic acids is 1. The van der Waals surface area contributed by atoms with E-state index < -0.39 is 0 Å². The largest absolute Gasteiger partial charge is 0.384 e. The number of rotatable bonds is 6. The molecule has 0 aromatic heterocycles. The topological polar surface area (TPSA) is 59.6 Å². The zero-order valence-corrected chi connectivity index (χ0v) is 11.4. The van der Waals surface area contributed by atoms with Gasteiger partial charge < -0.3 is 20.1 Å². The molecule has 0 saturated carbocycles. The van der Waals surface area contributed by atoms with Gasteiger partial charge in [-0.1, -0.05) is 6.07 Å². The van der Waals surface area contributed by atoms with E-state index in [1.165, 1.54) is 5.56 Å². The van der Waals surface area contributed by atoms with Gasteiger partial charge in [0.25, 0.3) is 5.91 Å². The summed E-state index contributed by atoms with van der Waals surface area (Å²) in [6, 6.07) is 5.77. The van der Waals surface area contributed by atoms with Crippen LogP contribution in [-0.2, 0) is 15.9 Å². The van der Waals surface area contributed by atoms with Crippen LogP contribution in [0, 0.1) is 0 Å². The van der Waals surface area contributed by atoms with Gasteiger partial charge in [-0.25, -0.2) is 0 Å². The molecule has 0 aliphatic carbocycles. The summed E-state index contributed by atoms with van der Waals surface area (Å²) >= 11 is 0. The molecule has 1 unspecified atom stereocenters. The molecule has 2 rings (SSSR count). The van der Waals surface area contributed by atoms with Crippen molar-refractivity contribution in [3.8, 4) is 0 Å². The molecule has 19 heavy (non-hydrogen) atoms. The van der Waals surface area contributed by atoms with E-state index in [9.17, 15) is 4.79 Å². The number of ether oxygens (including phenoxy) is 2. The summed E-state index contributed by atoms with van der Waals surface area (Å²) in [6.45, 7) is 1.84. The first-order chi connectivity index (χ1) is 9.24. The standard InChI is InChI=1S/C14H20N2O3/c1-18-9-12(19-2)8-16-14(17)11-4-3-10-5-6-15-13(10)7-11/h3-4,7,12,15H,5-6,8-9H2,1-2H3,(H,16,17). The zero-order valence-electron chi connectivity index (χ0n) is 11.4. The van der Waals surface area contributed by atoms with Crippen molar-refractivity contribution in [1.29, 1.82) is 0 Å². The van der Waals surface area contributed by atoms with Crippen LogP contribution in [0.5, 0.6) is 0 Å². The normalized spacial score (nSPS) is 14.6. The Labute approximate surface area is 113 Å². The highest BCUT2D eigenvalue weighted by Crippen LogP contribution is 2.23. The molecule has 5 heteroatoms. The van der Waals surface area contributed by atoms with E-state index in [0.29, 0.717) is 18.7 Å². The number of hydrogen-bond donors (Lipinski definition) is 2.